The highest BCUT2D eigenvalue weighted by Crippen LogP contribution is 2.28. The van der Waals surface area contributed by atoms with Gasteiger partial charge >= 0.3 is 0 Å². The number of fused-ring (bicyclic) bond motifs is 2. The van der Waals surface area contributed by atoms with Gasteiger partial charge in [0, 0.05) is 28.7 Å². The first-order chi connectivity index (χ1) is 12.7. The first kappa shape index (κ1) is 16.7. The lowest BCUT2D eigenvalue weighted by Gasteiger charge is -2.13. The Bertz CT molecular complexity index is 955. The molecule has 0 unspecified atom stereocenters. The topological polar surface area (TPSA) is 63.2 Å². The molecule has 132 valence electrons. The van der Waals surface area contributed by atoms with Crippen molar-refractivity contribution in [1.29, 1.82) is 0 Å². The number of amides is 1. The smallest absolute Gasteiger partial charge is 0.242 e. The lowest BCUT2D eigenvalue weighted by atomic mass is 10.1. The van der Waals surface area contributed by atoms with E-state index in [0.717, 1.165) is 27.9 Å². The minimum atomic E-state index is -0.275. The summed E-state index contributed by atoms with van der Waals surface area (Å²) in [5.41, 5.74) is 2.86. The molecule has 4 rings (SSSR count). The van der Waals surface area contributed by atoms with E-state index in [1.165, 1.54) is 0 Å². The van der Waals surface area contributed by atoms with Crippen LogP contribution in [0.4, 0.5) is 5.69 Å². The van der Waals surface area contributed by atoms with Crippen molar-refractivity contribution in [3.8, 4) is 5.75 Å². The number of halogens is 1. The molecule has 0 aliphatic carbocycles. The average molecular weight is 368 g/mol. The van der Waals surface area contributed by atoms with Crippen LogP contribution in [-0.4, -0.2) is 30.1 Å². The fourth-order valence-corrected chi connectivity index (χ4v) is 3.33. The predicted octanol–water partition coefficient (Wildman–Crippen LogP) is 3.42. The quantitative estimate of drug-likeness (QED) is 0.678. The maximum atomic E-state index is 12.3. The van der Waals surface area contributed by atoms with Gasteiger partial charge in [0.05, 0.1) is 6.54 Å². The van der Waals surface area contributed by atoms with Crippen molar-refractivity contribution in [2.75, 3.05) is 18.5 Å². The molecule has 1 aliphatic rings. The summed E-state index contributed by atoms with van der Waals surface area (Å²) in [5, 5.41) is 7.85. The number of nitrogens with zero attached hydrogens (tertiary/aromatic N) is 1. The molecule has 0 saturated heterocycles. The van der Waals surface area contributed by atoms with E-state index < -0.39 is 0 Å². The molecule has 1 aromatic heterocycles. The van der Waals surface area contributed by atoms with Crippen LogP contribution in [0.2, 0.25) is 5.02 Å². The van der Waals surface area contributed by atoms with E-state index in [4.69, 9.17) is 16.3 Å². The Labute approximate surface area is 156 Å². The van der Waals surface area contributed by atoms with E-state index in [-0.39, 0.29) is 11.9 Å². The molecule has 2 heterocycles. The molecule has 0 fully saturated rings. The third-order valence-corrected chi connectivity index (χ3v) is 4.63. The predicted molar refractivity (Wildman–Crippen MR) is 103 cm³/mol. The molecule has 0 bridgehead atoms. The molecule has 0 radical (unpaired) electrons. The normalized spacial score (nSPS) is 15.3. The molecule has 1 atom stereocenters. The third-order valence-electron chi connectivity index (χ3n) is 4.39. The summed E-state index contributed by atoms with van der Waals surface area (Å²) in [5.74, 6) is 0.676. The van der Waals surface area contributed by atoms with Gasteiger partial charge in [-0.1, -0.05) is 29.8 Å². The number of hydrogen-bond acceptors (Lipinski definition) is 4. The Balaban J connectivity index is 1.29. The minimum Gasteiger partial charge on any atom is -0.489 e. The number of aromatic nitrogens is 1. The van der Waals surface area contributed by atoms with Crippen molar-refractivity contribution in [2.24, 2.45) is 0 Å². The monoisotopic (exact) mass is 367 g/mol. The van der Waals surface area contributed by atoms with Crippen molar-refractivity contribution in [2.45, 2.75) is 12.5 Å². The number of carbonyl (C=O) groups excluding carboxylic acids is 1. The van der Waals surface area contributed by atoms with Crippen LogP contribution < -0.4 is 15.4 Å². The van der Waals surface area contributed by atoms with Crippen molar-refractivity contribution in [3.63, 3.8) is 0 Å². The van der Waals surface area contributed by atoms with Gasteiger partial charge in [0.1, 0.15) is 23.9 Å². The summed E-state index contributed by atoms with van der Waals surface area (Å²) in [6, 6.07) is 15.0. The van der Waals surface area contributed by atoms with Gasteiger partial charge in [0.2, 0.25) is 5.91 Å². The number of benzene rings is 2. The van der Waals surface area contributed by atoms with Gasteiger partial charge in [-0.3, -0.25) is 9.78 Å². The molecular formula is C20H18ClN3O2. The largest absolute Gasteiger partial charge is 0.489 e. The third kappa shape index (κ3) is 3.44. The van der Waals surface area contributed by atoms with Gasteiger partial charge in [-0.25, -0.2) is 0 Å². The molecule has 3 aromatic rings. The van der Waals surface area contributed by atoms with Crippen molar-refractivity contribution in [3.05, 3.63) is 65.3 Å². The van der Waals surface area contributed by atoms with Gasteiger partial charge < -0.3 is 15.4 Å². The van der Waals surface area contributed by atoms with Gasteiger partial charge in [-0.05, 0) is 35.9 Å². The molecule has 2 aromatic carbocycles. The second-order valence-corrected chi connectivity index (χ2v) is 6.61. The summed E-state index contributed by atoms with van der Waals surface area (Å²) in [6.45, 7) is 0.810. The first-order valence-corrected chi connectivity index (χ1v) is 8.88. The molecular weight excluding hydrogens is 350 g/mol. The van der Waals surface area contributed by atoms with Crippen LogP contribution in [0.15, 0.2) is 54.7 Å². The zero-order valence-corrected chi connectivity index (χ0v) is 14.8. The SMILES string of the molecule is O=C(NCCOc1cccc2cccnc12)[C@H]1Cc2cc(Cl)ccc2N1. The lowest BCUT2D eigenvalue weighted by molar-refractivity contribution is -0.121. The molecule has 5 nitrogen and oxygen atoms in total. The van der Waals surface area contributed by atoms with Gasteiger partial charge in [-0.2, -0.15) is 0 Å². The van der Waals surface area contributed by atoms with Crippen LogP contribution in [0, 0.1) is 0 Å². The Morgan fingerprint density at radius 1 is 1.27 bits per heavy atom. The summed E-state index contributed by atoms with van der Waals surface area (Å²) in [7, 11) is 0. The Hall–Kier alpha value is -2.79. The maximum Gasteiger partial charge on any atom is 0.242 e. The van der Waals surface area contributed by atoms with E-state index in [9.17, 15) is 4.79 Å². The molecule has 1 aliphatic heterocycles. The number of carbonyl (C=O) groups is 1. The van der Waals surface area contributed by atoms with E-state index in [2.05, 4.69) is 15.6 Å². The number of nitrogens with one attached hydrogen (secondary N) is 2. The standard InChI is InChI=1S/C20H18ClN3O2/c21-15-6-7-16-14(11-15)12-17(24-16)20(25)23-9-10-26-18-5-1-3-13-4-2-8-22-19(13)18/h1-8,11,17,24H,9-10,12H2,(H,23,25)/t17-/m1/s1. The minimum absolute atomic E-state index is 0.0445. The summed E-state index contributed by atoms with van der Waals surface area (Å²) in [6.07, 6.45) is 2.38. The van der Waals surface area contributed by atoms with Gasteiger partial charge in [-0.15, -0.1) is 0 Å². The zero-order valence-electron chi connectivity index (χ0n) is 14.0. The van der Waals surface area contributed by atoms with Crippen LogP contribution in [0.5, 0.6) is 5.75 Å². The molecule has 0 saturated carbocycles. The highest BCUT2D eigenvalue weighted by molar-refractivity contribution is 6.30. The van der Waals surface area contributed by atoms with E-state index >= 15 is 0 Å². The van der Waals surface area contributed by atoms with E-state index in [1.807, 2.05) is 48.5 Å². The number of anilines is 1. The first-order valence-electron chi connectivity index (χ1n) is 8.50. The van der Waals surface area contributed by atoms with Crippen LogP contribution in [0.3, 0.4) is 0 Å². The van der Waals surface area contributed by atoms with Gasteiger partial charge in [0.15, 0.2) is 0 Å². The maximum absolute atomic E-state index is 12.3. The second-order valence-electron chi connectivity index (χ2n) is 6.17. The van der Waals surface area contributed by atoms with Crippen LogP contribution in [0.25, 0.3) is 10.9 Å². The molecule has 0 spiro atoms. The Kier molecular flexibility index (Phi) is 4.63. The molecule has 6 heteroatoms. The van der Waals surface area contributed by atoms with Crippen LogP contribution in [-0.2, 0) is 11.2 Å². The number of para-hydroxylation sites is 1. The second kappa shape index (κ2) is 7.22. The fourth-order valence-electron chi connectivity index (χ4n) is 3.14. The van der Waals surface area contributed by atoms with Crippen LogP contribution in [0.1, 0.15) is 5.56 Å². The summed E-state index contributed by atoms with van der Waals surface area (Å²) < 4.78 is 5.79. The molecule has 26 heavy (non-hydrogen) atoms. The Morgan fingerprint density at radius 2 is 2.15 bits per heavy atom. The van der Waals surface area contributed by atoms with E-state index in [0.29, 0.717) is 24.6 Å². The summed E-state index contributed by atoms with van der Waals surface area (Å²) >= 11 is 6.00. The fraction of sp³-hybridized carbons (Fsp3) is 0.200. The highest BCUT2D eigenvalue weighted by atomic mass is 35.5. The number of rotatable bonds is 5. The zero-order chi connectivity index (χ0) is 17.9. The lowest BCUT2D eigenvalue weighted by Crippen LogP contribution is -2.40. The Morgan fingerprint density at radius 3 is 3.08 bits per heavy atom. The van der Waals surface area contributed by atoms with Crippen molar-refractivity contribution in [1.82, 2.24) is 10.3 Å². The highest BCUT2D eigenvalue weighted by Gasteiger charge is 2.26. The molecule has 1 amide bonds. The number of hydrogen-bond donors (Lipinski definition) is 2. The van der Waals surface area contributed by atoms with Crippen molar-refractivity contribution >= 4 is 34.1 Å². The van der Waals surface area contributed by atoms with E-state index in [1.54, 1.807) is 6.20 Å². The number of ether oxygens (including phenoxy) is 1. The molecule has 2 N–H and O–H groups in total. The number of pyridine rings is 1. The van der Waals surface area contributed by atoms with Gasteiger partial charge in [0.25, 0.3) is 0 Å². The summed E-state index contributed by atoms with van der Waals surface area (Å²) in [4.78, 5) is 16.7. The van der Waals surface area contributed by atoms with Crippen molar-refractivity contribution < 1.29 is 9.53 Å². The van der Waals surface area contributed by atoms with Crippen LogP contribution >= 0.6 is 11.6 Å². The average Bonchev–Trinajstić information content (AvgIpc) is 3.08.